The van der Waals surface area contributed by atoms with Crippen LogP contribution >= 0.6 is 0 Å². The van der Waals surface area contributed by atoms with E-state index in [-0.39, 0.29) is 18.2 Å². The van der Waals surface area contributed by atoms with Crippen LogP contribution < -0.4 is 5.32 Å². The minimum Gasteiger partial charge on any atom is -0.369 e. The summed E-state index contributed by atoms with van der Waals surface area (Å²) < 4.78 is 4.64. The molecule has 0 radical (unpaired) electrons. The predicted octanol–water partition coefficient (Wildman–Crippen LogP) is 0.624. The highest BCUT2D eigenvalue weighted by Gasteiger charge is 2.37. The second-order valence-corrected chi connectivity index (χ2v) is 3.70. The van der Waals surface area contributed by atoms with E-state index in [9.17, 15) is 9.59 Å². The number of nitrogens with one attached hydrogen (secondary N) is 1. The molecular formula is C10H13N3O3. The summed E-state index contributed by atoms with van der Waals surface area (Å²) in [5.41, 5.74) is 0.615. The first-order valence-corrected chi connectivity index (χ1v) is 5.22. The van der Waals surface area contributed by atoms with Crippen LogP contribution in [0.4, 0.5) is 5.69 Å². The van der Waals surface area contributed by atoms with Gasteiger partial charge in [0.1, 0.15) is 12.3 Å². The summed E-state index contributed by atoms with van der Waals surface area (Å²) in [6.07, 6.45) is 3.85. The number of likely N-dealkylation sites (tertiary alicyclic amines) is 1. The van der Waals surface area contributed by atoms with Crippen molar-refractivity contribution in [3.05, 3.63) is 12.5 Å². The Morgan fingerprint density at radius 3 is 3.06 bits per heavy atom. The lowest BCUT2D eigenvalue weighted by molar-refractivity contribution is -0.138. The average Bonchev–Trinajstić information content (AvgIpc) is 2.84. The maximum atomic E-state index is 11.8. The number of hydrogen-bond acceptors (Lipinski definition) is 5. The van der Waals surface area contributed by atoms with Crippen LogP contribution in [0.15, 0.2) is 17.0 Å². The van der Waals surface area contributed by atoms with Crippen molar-refractivity contribution in [3.8, 4) is 0 Å². The van der Waals surface area contributed by atoms with Crippen molar-refractivity contribution in [2.24, 2.45) is 0 Å². The van der Waals surface area contributed by atoms with Gasteiger partial charge in [-0.1, -0.05) is 12.1 Å². The first-order valence-electron chi connectivity index (χ1n) is 5.22. The monoisotopic (exact) mass is 223 g/mol. The molecule has 1 aliphatic heterocycles. The Hall–Kier alpha value is -1.85. The summed E-state index contributed by atoms with van der Waals surface area (Å²) in [5.74, 6) is -0.297. The minimum atomic E-state index is -0.488. The molecule has 0 saturated carbocycles. The van der Waals surface area contributed by atoms with E-state index in [1.807, 2.05) is 6.92 Å². The zero-order valence-electron chi connectivity index (χ0n) is 8.97. The van der Waals surface area contributed by atoms with Crippen molar-refractivity contribution in [1.29, 1.82) is 0 Å². The molecular weight excluding hydrogens is 210 g/mol. The Balaban J connectivity index is 2.03. The number of carbonyl (C=O) groups is 2. The highest BCUT2D eigenvalue weighted by atomic mass is 16.5. The average molecular weight is 223 g/mol. The van der Waals surface area contributed by atoms with Crippen LogP contribution in [0.25, 0.3) is 0 Å². The van der Waals surface area contributed by atoms with Gasteiger partial charge in [-0.3, -0.25) is 14.5 Å². The number of rotatable bonds is 4. The Morgan fingerprint density at radius 2 is 2.44 bits per heavy atom. The largest absolute Gasteiger partial charge is 0.369 e. The minimum absolute atomic E-state index is 0.124. The molecule has 0 spiro atoms. The molecule has 1 N–H and O–H groups in total. The molecule has 1 atom stereocenters. The molecule has 1 aromatic heterocycles. The molecule has 6 nitrogen and oxygen atoms in total. The van der Waals surface area contributed by atoms with Crippen LogP contribution in [-0.2, 0) is 9.59 Å². The van der Waals surface area contributed by atoms with Crippen LogP contribution in [0.3, 0.4) is 0 Å². The van der Waals surface area contributed by atoms with Crippen LogP contribution in [0.2, 0.25) is 0 Å². The number of carbonyl (C=O) groups excluding carboxylic acids is 2. The lowest BCUT2D eigenvalue weighted by Crippen LogP contribution is -2.35. The molecule has 2 heterocycles. The molecule has 6 heteroatoms. The molecule has 0 aromatic carbocycles. The normalized spacial score (nSPS) is 20.6. The third-order valence-corrected chi connectivity index (χ3v) is 2.46. The van der Waals surface area contributed by atoms with Gasteiger partial charge in [-0.15, -0.1) is 0 Å². The molecule has 86 valence electrons. The van der Waals surface area contributed by atoms with Gasteiger partial charge in [-0.05, 0) is 6.42 Å². The van der Waals surface area contributed by atoms with Gasteiger partial charge in [0.25, 0.3) is 5.91 Å². The van der Waals surface area contributed by atoms with Crippen LogP contribution in [-0.4, -0.2) is 34.5 Å². The highest BCUT2D eigenvalue weighted by molar-refractivity contribution is 6.06. The molecule has 2 amide bonds. The number of amides is 2. The number of anilines is 1. The first kappa shape index (κ1) is 10.7. The number of aromatic nitrogens is 1. The zero-order chi connectivity index (χ0) is 11.5. The van der Waals surface area contributed by atoms with Gasteiger partial charge in [-0.2, -0.15) is 0 Å². The topological polar surface area (TPSA) is 75.4 Å². The van der Waals surface area contributed by atoms with E-state index in [0.29, 0.717) is 12.2 Å². The van der Waals surface area contributed by atoms with Gasteiger partial charge < -0.3 is 9.84 Å². The second-order valence-electron chi connectivity index (χ2n) is 3.70. The lowest BCUT2D eigenvalue weighted by atomic mass is 10.2. The van der Waals surface area contributed by atoms with Crippen molar-refractivity contribution >= 4 is 17.5 Å². The van der Waals surface area contributed by atoms with Crippen LogP contribution in [0.1, 0.15) is 19.8 Å². The van der Waals surface area contributed by atoms with E-state index >= 15 is 0 Å². The van der Waals surface area contributed by atoms with Crippen molar-refractivity contribution in [3.63, 3.8) is 0 Å². The van der Waals surface area contributed by atoms with E-state index in [2.05, 4.69) is 15.0 Å². The standard InChI is InChI=1S/C10H13N3O3/c1-2-3-13-9(14)4-8(10(13)15)12-7-5-11-16-6-7/h5-6,8,12H,2-4H2,1H3. The van der Waals surface area contributed by atoms with Crippen LogP contribution in [0.5, 0.6) is 0 Å². The quantitative estimate of drug-likeness (QED) is 0.757. The number of nitrogens with zero attached hydrogens (tertiary/aromatic N) is 2. The molecule has 16 heavy (non-hydrogen) atoms. The Kier molecular flexibility index (Phi) is 2.89. The number of hydrogen-bond donors (Lipinski definition) is 1. The molecule has 1 aliphatic rings. The fourth-order valence-corrected chi connectivity index (χ4v) is 1.73. The summed E-state index contributed by atoms with van der Waals surface area (Å²) in [6.45, 7) is 2.42. The molecule has 0 bridgehead atoms. The van der Waals surface area contributed by atoms with E-state index in [1.54, 1.807) is 0 Å². The van der Waals surface area contributed by atoms with Crippen molar-refractivity contribution in [2.75, 3.05) is 11.9 Å². The SMILES string of the molecule is CCCN1C(=O)CC(Nc2cnoc2)C1=O. The molecule has 1 aromatic rings. The Bertz CT molecular complexity index is 388. The van der Waals surface area contributed by atoms with E-state index in [0.717, 1.165) is 6.42 Å². The molecule has 2 rings (SSSR count). The first-order chi connectivity index (χ1) is 7.72. The second kappa shape index (κ2) is 4.34. The van der Waals surface area contributed by atoms with Gasteiger partial charge in [0, 0.05) is 6.54 Å². The van der Waals surface area contributed by atoms with Crippen molar-refractivity contribution < 1.29 is 14.1 Å². The summed E-state index contributed by atoms with van der Waals surface area (Å²) in [6, 6.07) is -0.488. The molecule has 1 fully saturated rings. The highest BCUT2D eigenvalue weighted by Crippen LogP contribution is 2.18. The van der Waals surface area contributed by atoms with Crippen molar-refractivity contribution in [1.82, 2.24) is 10.1 Å². The van der Waals surface area contributed by atoms with Crippen molar-refractivity contribution in [2.45, 2.75) is 25.8 Å². The lowest BCUT2D eigenvalue weighted by Gasteiger charge is -2.13. The summed E-state index contributed by atoms with van der Waals surface area (Å²) in [7, 11) is 0. The molecule has 1 unspecified atom stereocenters. The third kappa shape index (κ3) is 1.91. The summed E-state index contributed by atoms with van der Waals surface area (Å²) in [4.78, 5) is 24.7. The smallest absolute Gasteiger partial charge is 0.252 e. The maximum Gasteiger partial charge on any atom is 0.252 e. The van der Waals surface area contributed by atoms with E-state index in [1.165, 1.54) is 17.4 Å². The van der Waals surface area contributed by atoms with Crippen LogP contribution in [0, 0.1) is 0 Å². The predicted molar refractivity (Wildman–Crippen MR) is 55.5 cm³/mol. The summed E-state index contributed by atoms with van der Waals surface area (Å²) >= 11 is 0. The van der Waals surface area contributed by atoms with Gasteiger partial charge in [0.15, 0.2) is 0 Å². The molecule has 0 aliphatic carbocycles. The van der Waals surface area contributed by atoms with Gasteiger partial charge >= 0.3 is 0 Å². The number of imide groups is 1. The third-order valence-electron chi connectivity index (χ3n) is 2.46. The Morgan fingerprint density at radius 1 is 1.62 bits per heavy atom. The van der Waals surface area contributed by atoms with Gasteiger partial charge in [-0.25, -0.2) is 0 Å². The summed E-state index contributed by atoms with van der Waals surface area (Å²) in [5, 5.41) is 6.44. The van der Waals surface area contributed by atoms with E-state index < -0.39 is 6.04 Å². The Labute approximate surface area is 92.6 Å². The zero-order valence-corrected chi connectivity index (χ0v) is 8.97. The maximum absolute atomic E-state index is 11.8. The molecule has 1 saturated heterocycles. The van der Waals surface area contributed by atoms with Gasteiger partial charge in [0.05, 0.1) is 18.3 Å². The van der Waals surface area contributed by atoms with Gasteiger partial charge in [0.2, 0.25) is 5.91 Å². The fourth-order valence-electron chi connectivity index (χ4n) is 1.73. The fraction of sp³-hybridized carbons (Fsp3) is 0.500. The van der Waals surface area contributed by atoms with E-state index in [4.69, 9.17) is 0 Å².